The molecule has 0 amide bonds. The maximum absolute atomic E-state index is 2.26. The maximum Gasteiger partial charge on any atom is -0.0348 e. The van der Waals surface area contributed by atoms with Gasteiger partial charge in [0.05, 0.1) is 0 Å². The number of hydrogen-bond acceptors (Lipinski definition) is 0. The molecule has 0 heteroatoms. The molecule has 0 atom stereocenters. The Balaban J connectivity index is 3.00. The van der Waals surface area contributed by atoms with E-state index in [0.717, 1.165) is 0 Å². The second-order valence-corrected chi connectivity index (χ2v) is 3.16. The van der Waals surface area contributed by atoms with E-state index >= 15 is 0 Å². The molecular formula is C12H22. The second-order valence-electron chi connectivity index (χ2n) is 3.16. The fraction of sp³-hybridized carbons (Fsp3) is 0.667. The van der Waals surface area contributed by atoms with Crippen LogP contribution in [-0.2, 0) is 0 Å². The van der Waals surface area contributed by atoms with Gasteiger partial charge in [-0.15, -0.1) is 0 Å². The van der Waals surface area contributed by atoms with Crippen molar-refractivity contribution in [1.82, 2.24) is 0 Å². The molecular weight excluding hydrogens is 144 g/mol. The van der Waals surface area contributed by atoms with Gasteiger partial charge in [-0.1, -0.05) is 56.9 Å². The largest absolute Gasteiger partial charge is 0.0877 e. The predicted molar refractivity (Wildman–Crippen MR) is 57.3 cm³/mol. The lowest BCUT2D eigenvalue weighted by Gasteiger charge is -1.95. The van der Waals surface area contributed by atoms with Gasteiger partial charge in [0.25, 0.3) is 0 Å². The fourth-order valence-electron chi connectivity index (χ4n) is 1.15. The van der Waals surface area contributed by atoms with Crippen LogP contribution < -0.4 is 0 Å². The number of unbranched alkanes of at least 4 members (excludes halogenated alkanes) is 5. The third-order valence-corrected chi connectivity index (χ3v) is 1.91. The third-order valence-electron chi connectivity index (χ3n) is 1.91. The van der Waals surface area contributed by atoms with Crippen molar-refractivity contribution in [3.63, 3.8) is 0 Å². The summed E-state index contributed by atoms with van der Waals surface area (Å²) in [5, 5.41) is 0. The number of hydrogen-bond donors (Lipinski definition) is 0. The fourth-order valence-corrected chi connectivity index (χ4v) is 1.15. The molecule has 0 aliphatic heterocycles. The Kier molecular flexibility index (Phi) is 10.0. The average molecular weight is 166 g/mol. The molecule has 0 saturated heterocycles. The highest BCUT2D eigenvalue weighted by Crippen LogP contribution is 2.05. The molecule has 0 nitrogen and oxygen atoms in total. The van der Waals surface area contributed by atoms with Gasteiger partial charge in [-0.05, 0) is 19.8 Å². The Hall–Kier alpha value is -0.520. The van der Waals surface area contributed by atoms with Crippen molar-refractivity contribution in [3.8, 4) is 0 Å². The zero-order chi connectivity index (χ0) is 9.07. The van der Waals surface area contributed by atoms with Crippen molar-refractivity contribution in [3.05, 3.63) is 24.3 Å². The van der Waals surface area contributed by atoms with Crippen LogP contribution in [0.4, 0.5) is 0 Å². The van der Waals surface area contributed by atoms with Gasteiger partial charge in [-0.25, -0.2) is 0 Å². The molecule has 0 bridgehead atoms. The van der Waals surface area contributed by atoms with Gasteiger partial charge >= 0.3 is 0 Å². The first kappa shape index (κ1) is 11.5. The van der Waals surface area contributed by atoms with E-state index < -0.39 is 0 Å². The van der Waals surface area contributed by atoms with Gasteiger partial charge < -0.3 is 0 Å². The standard InChI is InChI=1S/C12H22/c1-3-5-7-9-11-12-10-8-6-4-2/h3,5,7,9H,4,6,8,10-12H2,1-2H3/b5-3-,9-7-. The summed E-state index contributed by atoms with van der Waals surface area (Å²) >= 11 is 0. The zero-order valence-electron chi connectivity index (χ0n) is 8.55. The molecule has 0 spiro atoms. The molecule has 0 saturated carbocycles. The minimum atomic E-state index is 1.24. The average Bonchev–Trinajstić information content (AvgIpc) is 2.10. The number of rotatable bonds is 7. The van der Waals surface area contributed by atoms with Crippen LogP contribution in [0.2, 0.25) is 0 Å². The lowest BCUT2D eigenvalue weighted by molar-refractivity contribution is 0.637. The van der Waals surface area contributed by atoms with E-state index in [1.165, 1.54) is 38.5 Å². The Morgan fingerprint density at radius 1 is 0.917 bits per heavy atom. The van der Waals surface area contributed by atoms with Crippen LogP contribution in [0.25, 0.3) is 0 Å². The van der Waals surface area contributed by atoms with E-state index in [0.29, 0.717) is 0 Å². The summed E-state index contributed by atoms with van der Waals surface area (Å²) in [7, 11) is 0. The molecule has 0 aromatic heterocycles. The van der Waals surface area contributed by atoms with Crippen LogP contribution in [0.15, 0.2) is 24.3 Å². The minimum Gasteiger partial charge on any atom is -0.0877 e. The molecule has 0 aromatic carbocycles. The highest BCUT2D eigenvalue weighted by molar-refractivity contribution is 5.00. The lowest BCUT2D eigenvalue weighted by Crippen LogP contribution is -1.75. The van der Waals surface area contributed by atoms with Crippen LogP contribution in [0.5, 0.6) is 0 Å². The lowest BCUT2D eigenvalue weighted by atomic mass is 10.1. The van der Waals surface area contributed by atoms with Crippen molar-refractivity contribution in [2.24, 2.45) is 0 Å². The summed E-state index contributed by atoms with van der Waals surface area (Å²) in [4.78, 5) is 0. The van der Waals surface area contributed by atoms with E-state index in [-0.39, 0.29) is 0 Å². The summed E-state index contributed by atoms with van der Waals surface area (Å²) in [6, 6.07) is 0. The molecule has 0 radical (unpaired) electrons. The van der Waals surface area contributed by atoms with Gasteiger partial charge in [-0.3, -0.25) is 0 Å². The van der Waals surface area contributed by atoms with Crippen LogP contribution in [0.1, 0.15) is 52.4 Å². The first-order chi connectivity index (χ1) is 5.91. The first-order valence-electron chi connectivity index (χ1n) is 5.19. The highest BCUT2D eigenvalue weighted by Gasteiger charge is 1.85. The molecule has 0 heterocycles. The zero-order valence-corrected chi connectivity index (χ0v) is 8.55. The highest BCUT2D eigenvalue weighted by atomic mass is 13.9. The van der Waals surface area contributed by atoms with Crippen molar-refractivity contribution in [2.45, 2.75) is 52.4 Å². The summed E-state index contributed by atoms with van der Waals surface area (Å²) in [5.41, 5.74) is 0. The SMILES string of the molecule is C/C=C\C=C/CCCCCCC. The van der Waals surface area contributed by atoms with Crippen molar-refractivity contribution in [1.29, 1.82) is 0 Å². The van der Waals surface area contributed by atoms with Gasteiger partial charge in [0.1, 0.15) is 0 Å². The van der Waals surface area contributed by atoms with E-state index in [1.807, 2.05) is 6.92 Å². The Morgan fingerprint density at radius 3 is 2.33 bits per heavy atom. The molecule has 0 aromatic rings. The molecule has 0 aliphatic rings. The van der Waals surface area contributed by atoms with Crippen LogP contribution in [0, 0.1) is 0 Å². The van der Waals surface area contributed by atoms with E-state index in [4.69, 9.17) is 0 Å². The maximum atomic E-state index is 2.26. The summed E-state index contributed by atoms with van der Waals surface area (Å²) in [6.07, 6.45) is 16.7. The van der Waals surface area contributed by atoms with Gasteiger partial charge in [-0.2, -0.15) is 0 Å². The van der Waals surface area contributed by atoms with Gasteiger partial charge in [0.2, 0.25) is 0 Å². The molecule has 0 aliphatic carbocycles. The van der Waals surface area contributed by atoms with Crippen molar-refractivity contribution >= 4 is 0 Å². The molecule has 0 N–H and O–H groups in total. The summed E-state index contributed by atoms with van der Waals surface area (Å²) in [5.74, 6) is 0. The number of allylic oxidation sites excluding steroid dienone is 4. The Bertz CT molecular complexity index is 120. The smallest absolute Gasteiger partial charge is 0.0348 e. The van der Waals surface area contributed by atoms with Crippen LogP contribution >= 0.6 is 0 Å². The van der Waals surface area contributed by atoms with Crippen molar-refractivity contribution in [2.75, 3.05) is 0 Å². The summed E-state index contributed by atoms with van der Waals surface area (Å²) in [6.45, 7) is 4.30. The van der Waals surface area contributed by atoms with Gasteiger partial charge in [0.15, 0.2) is 0 Å². The molecule has 0 unspecified atom stereocenters. The third kappa shape index (κ3) is 9.48. The van der Waals surface area contributed by atoms with E-state index in [9.17, 15) is 0 Å². The minimum absolute atomic E-state index is 1.24. The Labute approximate surface area is 77.4 Å². The Morgan fingerprint density at radius 2 is 1.67 bits per heavy atom. The molecule has 70 valence electrons. The normalized spacial score (nSPS) is 11.8. The van der Waals surface area contributed by atoms with Crippen LogP contribution in [-0.4, -0.2) is 0 Å². The van der Waals surface area contributed by atoms with Crippen molar-refractivity contribution < 1.29 is 0 Å². The summed E-state index contributed by atoms with van der Waals surface area (Å²) < 4.78 is 0. The van der Waals surface area contributed by atoms with Gasteiger partial charge in [0, 0.05) is 0 Å². The quantitative estimate of drug-likeness (QED) is 0.386. The second kappa shape index (κ2) is 10.5. The molecule has 0 fully saturated rings. The molecule has 0 rings (SSSR count). The topological polar surface area (TPSA) is 0 Å². The predicted octanol–water partition coefficient (Wildman–Crippen LogP) is 4.48. The first-order valence-corrected chi connectivity index (χ1v) is 5.19. The van der Waals surface area contributed by atoms with E-state index in [2.05, 4.69) is 31.2 Å². The van der Waals surface area contributed by atoms with E-state index in [1.54, 1.807) is 0 Å². The van der Waals surface area contributed by atoms with Crippen LogP contribution in [0.3, 0.4) is 0 Å². The molecule has 12 heavy (non-hydrogen) atoms. The monoisotopic (exact) mass is 166 g/mol.